The average molecular weight is 537 g/mol. The molecule has 4 saturated carbocycles. The van der Waals surface area contributed by atoms with Gasteiger partial charge in [0.15, 0.2) is 0 Å². The molecule has 3 N–H and O–H groups in total. The predicted octanol–water partition coefficient (Wildman–Crippen LogP) is 7.05. The van der Waals surface area contributed by atoms with E-state index in [9.17, 15) is 18.3 Å². The van der Waals surface area contributed by atoms with E-state index < -0.39 is 16.0 Å². The lowest BCUT2D eigenvalue weighted by Gasteiger charge is -2.57. The van der Waals surface area contributed by atoms with Gasteiger partial charge in [-0.3, -0.25) is 4.72 Å². The maximum Gasteiger partial charge on any atom is 0.337 e. The summed E-state index contributed by atoms with van der Waals surface area (Å²) in [4.78, 5) is 11.4. The fourth-order valence-electron chi connectivity index (χ4n) is 7.25. The third-order valence-electron chi connectivity index (χ3n) is 8.47. The SMILES string of the molecule is O=C(O)c1ccccc1NS(=O)(=O)c1ccc(Nc2ccc(C34CC5CC(CC(C5)C3)C4)cc2Cl)cc1. The van der Waals surface area contributed by atoms with E-state index in [1.54, 1.807) is 24.3 Å². The van der Waals surface area contributed by atoms with Crippen molar-refractivity contribution in [1.82, 2.24) is 0 Å². The number of rotatable bonds is 7. The number of halogens is 1. The smallest absolute Gasteiger partial charge is 0.337 e. The number of aromatic carboxylic acids is 1. The van der Waals surface area contributed by atoms with Crippen molar-refractivity contribution in [2.24, 2.45) is 17.8 Å². The van der Waals surface area contributed by atoms with Gasteiger partial charge in [0.25, 0.3) is 10.0 Å². The van der Waals surface area contributed by atoms with Crippen LogP contribution in [0.2, 0.25) is 5.02 Å². The van der Waals surface area contributed by atoms with Crippen LogP contribution in [0.4, 0.5) is 17.1 Å². The first-order valence-electron chi connectivity index (χ1n) is 12.7. The predicted molar refractivity (Wildman–Crippen MR) is 145 cm³/mol. The Morgan fingerprint density at radius 2 is 1.49 bits per heavy atom. The van der Waals surface area contributed by atoms with E-state index in [2.05, 4.69) is 22.2 Å². The van der Waals surface area contributed by atoms with Gasteiger partial charge in [-0.25, -0.2) is 13.2 Å². The van der Waals surface area contributed by atoms with E-state index >= 15 is 0 Å². The number of carbonyl (C=O) groups is 1. The van der Waals surface area contributed by atoms with Crippen LogP contribution in [0.5, 0.6) is 0 Å². The molecule has 8 heteroatoms. The summed E-state index contributed by atoms with van der Waals surface area (Å²) >= 11 is 6.74. The van der Waals surface area contributed by atoms with Crippen LogP contribution < -0.4 is 10.0 Å². The van der Waals surface area contributed by atoms with E-state index in [0.29, 0.717) is 10.7 Å². The minimum absolute atomic E-state index is 0.0168. The van der Waals surface area contributed by atoms with Gasteiger partial charge in [-0.2, -0.15) is 0 Å². The Morgan fingerprint density at radius 1 is 0.865 bits per heavy atom. The van der Waals surface area contributed by atoms with E-state index in [1.807, 2.05) is 6.07 Å². The van der Waals surface area contributed by atoms with Crippen LogP contribution in [0.3, 0.4) is 0 Å². The lowest BCUT2D eigenvalue weighted by molar-refractivity contribution is -0.00518. The molecule has 0 aliphatic heterocycles. The molecular weight excluding hydrogens is 508 g/mol. The molecule has 0 atom stereocenters. The van der Waals surface area contributed by atoms with E-state index in [1.165, 1.54) is 68.4 Å². The van der Waals surface area contributed by atoms with Crippen molar-refractivity contribution in [3.63, 3.8) is 0 Å². The molecule has 0 unspecified atom stereocenters. The molecule has 0 heterocycles. The third-order valence-corrected chi connectivity index (χ3v) is 10.2. The highest BCUT2D eigenvalue weighted by atomic mass is 35.5. The van der Waals surface area contributed by atoms with Crippen molar-refractivity contribution in [3.05, 3.63) is 82.9 Å². The summed E-state index contributed by atoms with van der Waals surface area (Å²) in [5.74, 6) is 1.39. The molecule has 4 aliphatic rings. The van der Waals surface area contributed by atoms with Gasteiger partial charge in [0, 0.05) is 5.69 Å². The number of hydrogen-bond donors (Lipinski definition) is 3. The zero-order valence-corrected chi connectivity index (χ0v) is 21.9. The number of carboxylic acid groups (broad SMARTS) is 1. The van der Waals surface area contributed by atoms with Crippen LogP contribution in [0.1, 0.15) is 54.4 Å². The Hall–Kier alpha value is -3.03. The maximum atomic E-state index is 12.9. The third kappa shape index (κ3) is 4.59. The average Bonchev–Trinajstić information content (AvgIpc) is 2.85. The highest BCUT2D eigenvalue weighted by Gasteiger charge is 2.51. The zero-order chi connectivity index (χ0) is 25.8. The lowest BCUT2D eigenvalue weighted by Crippen LogP contribution is -2.48. The maximum absolute atomic E-state index is 12.9. The number of hydrogen-bond acceptors (Lipinski definition) is 4. The number of para-hydroxylation sites is 1. The Morgan fingerprint density at radius 3 is 2.08 bits per heavy atom. The van der Waals surface area contributed by atoms with Crippen LogP contribution in [-0.4, -0.2) is 19.5 Å². The molecule has 4 aliphatic carbocycles. The molecule has 37 heavy (non-hydrogen) atoms. The second-order valence-corrected chi connectivity index (χ2v) is 13.1. The molecule has 0 saturated heterocycles. The Balaban J connectivity index is 1.18. The fourth-order valence-corrected chi connectivity index (χ4v) is 8.55. The van der Waals surface area contributed by atoms with Crippen molar-refractivity contribution >= 4 is 44.7 Å². The summed E-state index contributed by atoms with van der Waals surface area (Å²) < 4.78 is 28.1. The highest BCUT2D eigenvalue weighted by molar-refractivity contribution is 7.92. The van der Waals surface area contributed by atoms with Crippen molar-refractivity contribution in [2.45, 2.75) is 48.8 Å². The van der Waals surface area contributed by atoms with Gasteiger partial charge in [0.1, 0.15) is 0 Å². The van der Waals surface area contributed by atoms with E-state index in [4.69, 9.17) is 11.6 Å². The largest absolute Gasteiger partial charge is 0.478 e. The first-order valence-corrected chi connectivity index (χ1v) is 14.6. The molecule has 0 amide bonds. The quantitative estimate of drug-likeness (QED) is 0.300. The number of carboxylic acids is 1. The standard InChI is InChI=1S/C29H29ClN2O4S/c30-25-14-21(29-15-18-11-19(16-29)13-20(12-18)17-29)5-10-27(25)31-22-6-8-23(9-7-22)37(35,36)32-26-4-2-1-3-24(26)28(33)34/h1-10,14,18-20,31-32H,11-13,15-17H2,(H,33,34). The Kier molecular flexibility index (Phi) is 5.96. The van der Waals surface area contributed by atoms with Gasteiger partial charge in [-0.15, -0.1) is 0 Å². The molecule has 3 aromatic rings. The fraction of sp³-hybridized carbons (Fsp3) is 0.345. The monoisotopic (exact) mass is 536 g/mol. The molecular formula is C29H29ClN2O4S. The molecule has 4 bridgehead atoms. The van der Waals surface area contributed by atoms with E-state index in [-0.39, 0.29) is 21.6 Å². The van der Waals surface area contributed by atoms with Crippen molar-refractivity contribution in [2.75, 3.05) is 10.0 Å². The molecule has 0 spiro atoms. The van der Waals surface area contributed by atoms with Crippen molar-refractivity contribution in [3.8, 4) is 0 Å². The van der Waals surface area contributed by atoms with Gasteiger partial charge in [-0.05, 0) is 116 Å². The summed E-state index contributed by atoms with van der Waals surface area (Å²) in [5, 5.41) is 13.3. The summed E-state index contributed by atoms with van der Waals surface area (Å²) in [6.07, 6.45) is 8.05. The van der Waals surface area contributed by atoms with Gasteiger partial charge < -0.3 is 10.4 Å². The second kappa shape index (κ2) is 9.07. The zero-order valence-electron chi connectivity index (χ0n) is 20.3. The van der Waals surface area contributed by atoms with Crippen molar-refractivity contribution in [1.29, 1.82) is 0 Å². The molecule has 3 aromatic carbocycles. The minimum atomic E-state index is -3.96. The van der Waals surface area contributed by atoms with Crippen LogP contribution in [0.25, 0.3) is 0 Å². The van der Waals surface area contributed by atoms with Crippen LogP contribution in [0.15, 0.2) is 71.6 Å². The Bertz CT molecular complexity index is 1430. The molecule has 6 nitrogen and oxygen atoms in total. The molecule has 4 fully saturated rings. The van der Waals surface area contributed by atoms with E-state index in [0.717, 1.165) is 23.4 Å². The van der Waals surface area contributed by atoms with Gasteiger partial charge in [0.05, 0.1) is 26.9 Å². The number of sulfonamides is 1. The van der Waals surface area contributed by atoms with Crippen LogP contribution in [0, 0.1) is 17.8 Å². The summed E-state index contributed by atoms with van der Waals surface area (Å²) in [6.45, 7) is 0. The summed E-state index contributed by atoms with van der Waals surface area (Å²) in [7, 11) is -3.96. The molecule has 0 radical (unpaired) electrons. The van der Waals surface area contributed by atoms with Crippen molar-refractivity contribution < 1.29 is 18.3 Å². The van der Waals surface area contributed by atoms with Crippen LogP contribution >= 0.6 is 11.6 Å². The first-order chi connectivity index (χ1) is 17.7. The van der Waals surface area contributed by atoms with Crippen LogP contribution in [-0.2, 0) is 15.4 Å². The van der Waals surface area contributed by atoms with Gasteiger partial charge in [0.2, 0.25) is 0 Å². The normalized spacial score (nSPS) is 26.1. The molecule has 192 valence electrons. The number of benzene rings is 3. The lowest BCUT2D eigenvalue weighted by atomic mass is 9.48. The summed E-state index contributed by atoms with van der Waals surface area (Å²) in [5.41, 5.74) is 3.02. The first kappa shape index (κ1) is 24.3. The number of anilines is 3. The molecule has 0 aromatic heterocycles. The van der Waals surface area contributed by atoms with Gasteiger partial charge in [-0.1, -0.05) is 29.8 Å². The number of nitrogens with one attached hydrogen (secondary N) is 2. The topological polar surface area (TPSA) is 95.5 Å². The Labute approximate surface area is 222 Å². The molecule has 7 rings (SSSR count). The second-order valence-electron chi connectivity index (χ2n) is 11.0. The van der Waals surface area contributed by atoms with Gasteiger partial charge >= 0.3 is 5.97 Å². The minimum Gasteiger partial charge on any atom is -0.478 e. The highest BCUT2D eigenvalue weighted by Crippen LogP contribution is 2.61. The summed E-state index contributed by atoms with van der Waals surface area (Å²) in [6, 6.07) is 18.6.